The normalized spacial score (nSPS) is 11.2. The monoisotopic (exact) mass is 456 g/mol. The molecule has 0 aliphatic rings. The molecule has 2 aromatic carbocycles. The van der Waals surface area contributed by atoms with E-state index in [-0.39, 0.29) is 5.63 Å². The van der Waals surface area contributed by atoms with Gasteiger partial charge < -0.3 is 10.3 Å². The minimum Gasteiger partial charge on any atom is -0.423 e. The molecule has 0 amide bonds. The van der Waals surface area contributed by atoms with Crippen LogP contribution in [0.5, 0.6) is 0 Å². The van der Waals surface area contributed by atoms with E-state index in [0.29, 0.717) is 22.3 Å². The van der Waals surface area contributed by atoms with Gasteiger partial charge in [0, 0.05) is 27.2 Å². The van der Waals surface area contributed by atoms with Gasteiger partial charge in [-0.05, 0) is 54.8 Å². The lowest BCUT2D eigenvalue weighted by Gasteiger charge is -2.08. The number of aryl methyl sites for hydroxylation is 2. The Morgan fingerprint density at radius 3 is 2.68 bits per heavy atom. The summed E-state index contributed by atoms with van der Waals surface area (Å²) in [4.78, 5) is 12.0. The number of hydrogen-bond acceptors (Lipinski definition) is 6. The van der Waals surface area contributed by atoms with Crippen LogP contribution >= 0.6 is 27.7 Å². The SMILES string of the molecule is Cc1cc2oc(=O)cc(CSc3nnc(-c4ccccc4Br)n3N)c2cc1C. The Hall–Kier alpha value is -2.58. The number of hydrogen-bond donors (Lipinski definition) is 1. The Labute approximate surface area is 173 Å². The van der Waals surface area contributed by atoms with Crippen molar-refractivity contribution in [1.82, 2.24) is 14.9 Å². The van der Waals surface area contributed by atoms with Gasteiger partial charge in [0.2, 0.25) is 5.16 Å². The van der Waals surface area contributed by atoms with Gasteiger partial charge in [-0.2, -0.15) is 0 Å². The van der Waals surface area contributed by atoms with Crippen LogP contribution in [0.2, 0.25) is 0 Å². The van der Waals surface area contributed by atoms with Crippen molar-refractivity contribution in [3.63, 3.8) is 0 Å². The molecule has 28 heavy (non-hydrogen) atoms. The van der Waals surface area contributed by atoms with Crippen LogP contribution in [0, 0.1) is 13.8 Å². The molecule has 0 atom stereocenters. The van der Waals surface area contributed by atoms with Gasteiger partial charge in [-0.1, -0.05) is 39.8 Å². The molecule has 0 fully saturated rings. The van der Waals surface area contributed by atoms with Gasteiger partial charge in [0.1, 0.15) is 5.58 Å². The largest absolute Gasteiger partial charge is 0.423 e. The lowest BCUT2D eigenvalue weighted by molar-refractivity contribution is 0.559. The highest BCUT2D eigenvalue weighted by molar-refractivity contribution is 9.10. The van der Waals surface area contributed by atoms with E-state index < -0.39 is 0 Å². The molecule has 142 valence electrons. The zero-order valence-electron chi connectivity index (χ0n) is 15.3. The molecule has 4 rings (SSSR count). The number of thioether (sulfide) groups is 1. The van der Waals surface area contributed by atoms with E-state index in [1.165, 1.54) is 22.5 Å². The lowest BCUT2D eigenvalue weighted by atomic mass is 10.0. The molecule has 6 nitrogen and oxygen atoms in total. The highest BCUT2D eigenvalue weighted by Gasteiger charge is 2.15. The third-order valence-corrected chi connectivity index (χ3v) is 6.26. The molecular formula is C20H17BrN4O2S. The zero-order chi connectivity index (χ0) is 19.8. The number of fused-ring (bicyclic) bond motifs is 1. The first-order chi connectivity index (χ1) is 13.4. The second-order valence-corrected chi connectivity index (χ2v) is 8.26. The van der Waals surface area contributed by atoms with E-state index in [1.54, 1.807) is 0 Å². The summed E-state index contributed by atoms with van der Waals surface area (Å²) in [5, 5.41) is 9.92. The maximum atomic E-state index is 12.0. The van der Waals surface area contributed by atoms with Gasteiger partial charge in [-0.3, -0.25) is 0 Å². The zero-order valence-corrected chi connectivity index (χ0v) is 17.7. The molecule has 0 radical (unpaired) electrons. The first-order valence-electron chi connectivity index (χ1n) is 8.56. The summed E-state index contributed by atoms with van der Waals surface area (Å²) in [5.41, 5.74) is 4.20. The Kier molecular flexibility index (Phi) is 4.99. The van der Waals surface area contributed by atoms with E-state index in [4.69, 9.17) is 10.3 Å². The fourth-order valence-electron chi connectivity index (χ4n) is 2.95. The first kappa shape index (κ1) is 18.8. The van der Waals surface area contributed by atoms with Crippen LogP contribution in [0.25, 0.3) is 22.4 Å². The molecule has 2 aromatic heterocycles. The van der Waals surface area contributed by atoms with Gasteiger partial charge in [-0.25, -0.2) is 9.47 Å². The highest BCUT2D eigenvalue weighted by Crippen LogP contribution is 2.30. The molecule has 0 unspecified atom stereocenters. The van der Waals surface area contributed by atoms with Crippen molar-refractivity contribution in [2.45, 2.75) is 24.8 Å². The maximum absolute atomic E-state index is 12.0. The van der Waals surface area contributed by atoms with E-state index in [9.17, 15) is 4.79 Å². The predicted octanol–water partition coefficient (Wildman–Crippen LogP) is 4.44. The van der Waals surface area contributed by atoms with Crippen LogP contribution in [-0.2, 0) is 5.75 Å². The quantitative estimate of drug-likeness (QED) is 0.277. The van der Waals surface area contributed by atoms with Crippen molar-refractivity contribution >= 4 is 38.7 Å². The molecule has 0 aliphatic carbocycles. The van der Waals surface area contributed by atoms with Crippen molar-refractivity contribution in [2.24, 2.45) is 0 Å². The Morgan fingerprint density at radius 2 is 1.89 bits per heavy atom. The van der Waals surface area contributed by atoms with E-state index in [2.05, 4.69) is 26.1 Å². The fraction of sp³-hybridized carbons (Fsp3) is 0.150. The van der Waals surface area contributed by atoms with Crippen LogP contribution in [0.4, 0.5) is 0 Å². The van der Waals surface area contributed by atoms with Gasteiger partial charge in [-0.15, -0.1) is 10.2 Å². The molecule has 8 heteroatoms. The van der Waals surface area contributed by atoms with Crippen molar-refractivity contribution in [3.05, 3.63) is 74.0 Å². The molecule has 2 N–H and O–H groups in total. The summed E-state index contributed by atoms with van der Waals surface area (Å²) < 4.78 is 7.72. The van der Waals surface area contributed by atoms with Crippen LogP contribution in [-0.4, -0.2) is 14.9 Å². The van der Waals surface area contributed by atoms with Crippen molar-refractivity contribution in [3.8, 4) is 11.4 Å². The van der Waals surface area contributed by atoms with Crippen LogP contribution in [0.3, 0.4) is 0 Å². The molecule has 0 aliphatic heterocycles. The second kappa shape index (κ2) is 7.44. The molecule has 0 spiro atoms. The molecule has 0 saturated carbocycles. The van der Waals surface area contributed by atoms with Crippen LogP contribution < -0.4 is 11.5 Å². The second-order valence-electron chi connectivity index (χ2n) is 6.47. The average molecular weight is 457 g/mol. The molecule has 4 aromatic rings. The lowest BCUT2D eigenvalue weighted by Crippen LogP contribution is -2.11. The summed E-state index contributed by atoms with van der Waals surface area (Å²) in [7, 11) is 0. The number of nitrogen functional groups attached to an aromatic ring is 1. The van der Waals surface area contributed by atoms with Gasteiger partial charge >= 0.3 is 5.63 Å². The molecular weight excluding hydrogens is 440 g/mol. The topological polar surface area (TPSA) is 86.9 Å². The Balaban J connectivity index is 1.67. The Bertz CT molecular complexity index is 1250. The number of nitrogens with two attached hydrogens (primary N) is 1. The minimum absolute atomic E-state index is 0.366. The molecule has 2 heterocycles. The Morgan fingerprint density at radius 1 is 1.14 bits per heavy atom. The fourth-order valence-corrected chi connectivity index (χ4v) is 4.26. The van der Waals surface area contributed by atoms with E-state index in [0.717, 1.165) is 32.1 Å². The van der Waals surface area contributed by atoms with Crippen LogP contribution in [0.15, 0.2) is 61.3 Å². The number of rotatable bonds is 4. The number of benzene rings is 2. The maximum Gasteiger partial charge on any atom is 0.336 e. The first-order valence-corrected chi connectivity index (χ1v) is 10.3. The number of halogens is 1. The summed E-state index contributed by atoms with van der Waals surface area (Å²) >= 11 is 4.93. The third-order valence-electron chi connectivity index (χ3n) is 4.58. The molecule has 0 bridgehead atoms. The standard InChI is InChI=1S/C20H17BrN4O2S/c1-11-7-15-13(9-18(26)27-17(15)8-12(11)2)10-28-20-24-23-19(25(20)22)14-5-3-4-6-16(14)21/h3-9H,10,22H2,1-2H3. The van der Waals surface area contributed by atoms with Gasteiger partial charge in [0.15, 0.2) is 5.82 Å². The molecule has 0 saturated heterocycles. The van der Waals surface area contributed by atoms with Gasteiger partial charge in [0.25, 0.3) is 0 Å². The van der Waals surface area contributed by atoms with Crippen LogP contribution in [0.1, 0.15) is 16.7 Å². The van der Waals surface area contributed by atoms with Crippen molar-refractivity contribution in [1.29, 1.82) is 0 Å². The summed E-state index contributed by atoms with van der Waals surface area (Å²) in [6.45, 7) is 4.04. The number of nitrogens with zero attached hydrogens (tertiary/aromatic N) is 3. The minimum atomic E-state index is -0.366. The average Bonchev–Trinajstić information content (AvgIpc) is 3.02. The summed E-state index contributed by atoms with van der Waals surface area (Å²) in [5.74, 6) is 7.32. The summed E-state index contributed by atoms with van der Waals surface area (Å²) in [6.07, 6.45) is 0. The predicted molar refractivity (Wildman–Crippen MR) is 115 cm³/mol. The number of aromatic nitrogens is 3. The van der Waals surface area contributed by atoms with Crippen molar-refractivity contribution in [2.75, 3.05) is 5.84 Å². The van der Waals surface area contributed by atoms with E-state index >= 15 is 0 Å². The van der Waals surface area contributed by atoms with Gasteiger partial charge in [0.05, 0.1) is 0 Å². The smallest absolute Gasteiger partial charge is 0.336 e. The van der Waals surface area contributed by atoms with Crippen molar-refractivity contribution < 1.29 is 4.42 Å². The third kappa shape index (κ3) is 3.45. The highest BCUT2D eigenvalue weighted by atomic mass is 79.9. The van der Waals surface area contributed by atoms with E-state index in [1.807, 2.05) is 50.2 Å². The summed E-state index contributed by atoms with van der Waals surface area (Å²) in [6, 6.07) is 13.2.